The maximum atomic E-state index is 13.6. The summed E-state index contributed by atoms with van der Waals surface area (Å²) in [6.45, 7) is 6.36. The molecule has 0 aliphatic carbocycles. The molecule has 0 fully saturated rings. The third kappa shape index (κ3) is 3.34. The largest absolute Gasteiger partial charge is 0.355 e. The molecule has 0 N–H and O–H groups in total. The smallest absolute Gasteiger partial charge is 0.167 e. The van der Waals surface area contributed by atoms with E-state index < -0.39 is 0 Å². The van der Waals surface area contributed by atoms with Gasteiger partial charge in [-0.1, -0.05) is 25.4 Å². The zero-order chi connectivity index (χ0) is 12.3. The highest BCUT2D eigenvalue weighted by molar-refractivity contribution is 6.30. The molecule has 0 bridgehead atoms. The topological polar surface area (TPSA) is 16.1 Å². The highest BCUT2D eigenvalue weighted by Crippen LogP contribution is 2.22. The molecule has 0 saturated carbocycles. The second kappa shape index (κ2) is 5.48. The fourth-order valence-electron chi connectivity index (χ4n) is 1.72. The van der Waals surface area contributed by atoms with Crippen molar-refractivity contribution < 1.29 is 4.39 Å². The minimum Gasteiger partial charge on any atom is -0.355 e. The van der Waals surface area contributed by atoms with Crippen LogP contribution in [0.4, 0.5) is 10.2 Å². The van der Waals surface area contributed by atoms with Crippen LogP contribution in [0.3, 0.4) is 0 Å². The number of rotatable bonds is 4. The molecule has 0 radical (unpaired) electrons. The minimum atomic E-state index is -0.370. The lowest BCUT2D eigenvalue weighted by atomic mass is 10.0. The van der Waals surface area contributed by atoms with Crippen LogP contribution in [-0.2, 0) is 0 Å². The van der Waals surface area contributed by atoms with Gasteiger partial charge in [-0.2, -0.15) is 0 Å². The first-order chi connectivity index (χ1) is 7.41. The van der Waals surface area contributed by atoms with Gasteiger partial charge in [0.15, 0.2) is 11.6 Å². The van der Waals surface area contributed by atoms with Gasteiger partial charge < -0.3 is 4.90 Å². The molecule has 0 saturated heterocycles. The highest BCUT2D eigenvalue weighted by atomic mass is 35.5. The van der Waals surface area contributed by atoms with Crippen LogP contribution >= 0.6 is 11.6 Å². The summed E-state index contributed by atoms with van der Waals surface area (Å²) in [4.78, 5) is 5.88. The number of halogens is 2. The van der Waals surface area contributed by atoms with Gasteiger partial charge in [0.2, 0.25) is 0 Å². The number of hydrogen-bond acceptors (Lipinski definition) is 2. The predicted molar refractivity (Wildman–Crippen MR) is 66.5 cm³/mol. The summed E-state index contributed by atoms with van der Waals surface area (Å²) in [5.41, 5.74) is 0. The quantitative estimate of drug-likeness (QED) is 0.802. The second-order valence-electron chi connectivity index (χ2n) is 4.55. The minimum absolute atomic E-state index is 0.253. The molecule has 0 aromatic carbocycles. The lowest BCUT2D eigenvalue weighted by molar-refractivity contribution is 0.495. The van der Waals surface area contributed by atoms with E-state index in [-0.39, 0.29) is 11.9 Å². The summed E-state index contributed by atoms with van der Waals surface area (Å²) < 4.78 is 13.6. The Kier molecular flexibility index (Phi) is 4.54. The summed E-state index contributed by atoms with van der Waals surface area (Å²) in [5, 5.41) is 0.325. The molecule has 90 valence electrons. The first kappa shape index (κ1) is 13.2. The van der Waals surface area contributed by atoms with Gasteiger partial charge >= 0.3 is 0 Å². The normalized spacial score (nSPS) is 12.9. The van der Waals surface area contributed by atoms with Crippen molar-refractivity contribution in [3.05, 3.63) is 23.1 Å². The fourth-order valence-corrected chi connectivity index (χ4v) is 1.86. The van der Waals surface area contributed by atoms with Gasteiger partial charge in [0.25, 0.3) is 0 Å². The van der Waals surface area contributed by atoms with Crippen molar-refractivity contribution in [1.29, 1.82) is 0 Å². The van der Waals surface area contributed by atoms with Crippen LogP contribution in [0.25, 0.3) is 0 Å². The maximum absolute atomic E-state index is 13.6. The van der Waals surface area contributed by atoms with E-state index in [0.29, 0.717) is 16.8 Å². The standard InChI is InChI=1S/C12H18ClFN2/c1-8(2)5-9(3)16(4)12-11(14)6-10(13)7-15-12/h6-9H,5H2,1-4H3. The number of aromatic nitrogens is 1. The molecule has 1 aromatic rings. The van der Waals surface area contributed by atoms with Crippen LogP contribution in [0.2, 0.25) is 5.02 Å². The van der Waals surface area contributed by atoms with E-state index in [1.807, 2.05) is 11.9 Å². The van der Waals surface area contributed by atoms with Crippen molar-refractivity contribution in [2.45, 2.75) is 33.2 Å². The third-order valence-electron chi connectivity index (χ3n) is 2.60. The van der Waals surface area contributed by atoms with E-state index in [4.69, 9.17) is 11.6 Å². The Balaban J connectivity index is 2.83. The summed E-state index contributed by atoms with van der Waals surface area (Å²) >= 11 is 5.66. The average Bonchev–Trinajstić information content (AvgIpc) is 2.15. The molecular formula is C12H18ClFN2. The molecule has 16 heavy (non-hydrogen) atoms. The molecule has 1 aromatic heterocycles. The summed E-state index contributed by atoms with van der Waals surface area (Å²) in [7, 11) is 1.85. The Morgan fingerprint density at radius 3 is 2.56 bits per heavy atom. The van der Waals surface area contributed by atoms with Crippen molar-refractivity contribution in [2.24, 2.45) is 5.92 Å². The Morgan fingerprint density at radius 1 is 1.44 bits per heavy atom. The van der Waals surface area contributed by atoms with Crippen molar-refractivity contribution in [3.63, 3.8) is 0 Å². The molecule has 0 spiro atoms. The van der Waals surface area contributed by atoms with Gasteiger partial charge in [-0.3, -0.25) is 0 Å². The van der Waals surface area contributed by atoms with Crippen molar-refractivity contribution >= 4 is 17.4 Å². The van der Waals surface area contributed by atoms with E-state index in [1.54, 1.807) is 0 Å². The van der Waals surface area contributed by atoms with Gasteiger partial charge in [0, 0.05) is 19.3 Å². The molecule has 0 aliphatic rings. The van der Waals surface area contributed by atoms with Gasteiger partial charge in [-0.05, 0) is 25.3 Å². The molecule has 0 aliphatic heterocycles. The van der Waals surface area contributed by atoms with E-state index in [1.165, 1.54) is 12.3 Å². The predicted octanol–water partition coefficient (Wildman–Crippen LogP) is 3.74. The Labute approximate surface area is 101 Å². The van der Waals surface area contributed by atoms with Crippen molar-refractivity contribution in [1.82, 2.24) is 4.98 Å². The third-order valence-corrected chi connectivity index (χ3v) is 2.80. The lowest BCUT2D eigenvalue weighted by Crippen LogP contribution is -2.31. The maximum Gasteiger partial charge on any atom is 0.167 e. The molecule has 4 heteroatoms. The number of hydrogen-bond donors (Lipinski definition) is 0. The molecule has 0 amide bonds. The van der Waals surface area contributed by atoms with Crippen LogP contribution in [0.1, 0.15) is 27.2 Å². The highest BCUT2D eigenvalue weighted by Gasteiger charge is 2.16. The van der Waals surface area contributed by atoms with Gasteiger partial charge in [0.1, 0.15) is 0 Å². The van der Waals surface area contributed by atoms with E-state index in [9.17, 15) is 4.39 Å². The van der Waals surface area contributed by atoms with Gasteiger partial charge in [0.05, 0.1) is 5.02 Å². The zero-order valence-electron chi connectivity index (χ0n) is 10.2. The van der Waals surface area contributed by atoms with Crippen LogP contribution in [-0.4, -0.2) is 18.1 Å². The lowest BCUT2D eigenvalue weighted by Gasteiger charge is -2.27. The van der Waals surface area contributed by atoms with E-state index in [0.717, 1.165) is 6.42 Å². The first-order valence-corrected chi connectivity index (χ1v) is 5.83. The van der Waals surface area contributed by atoms with Crippen LogP contribution < -0.4 is 4.90 Å². The summed E-state index contributed by atoms with van der Waals surface area (Å²) in [6.07, 6.45) is 2.47. The zero-order valence-corrected chi connectivity index (χ0v) is 10.9. The van der Waals surface area contributed by atoms with Crippen LogP contribution in [0.5, 0.6) is 0 Å². The molecule has 2 nitrogen and oxygen atoms in total. The number of pyridine rings is 1. The first-order valence-electron chi connectivity index (χ1n) is 5.45. The Bertz CT molecular complexity index is 355. The molecule has 1 atom stereocenters. The number of nitrogens with zero attached hydrogens (tertiary/aromatic N) is 2. The fraction of sp³-hybridized carbons (Fsp3) is 0.583. The Hall–Kier alpha value is -0.830. The monoisotopic (exact) mass is 244 g/mol. The van der Waals surface area contributed by atoms with Crippen molar-refractivity contribution in [3.8, 4) is 0 Å². The molecule has 1 rings (SSSR count). The van der Waals surface area contributed by atoms with E-state index in [2.05, 4.69) is 25.8 Å². The molecular weight excluding hydrogens is 227 g/mol. The second-order valence-corrected chi connectivity index (χ2v) is 4.98. The summed E-state index contributed by atoms with van der Waals surface area (Å²) in [6, 6.07) is 1.55. The van der Waals surface area contributed by atoms with Crippen LogP contribution in [0.15, 0.2) is 12.3 Å². The number of anilines is 1. The SMILES string of the molecule is CC(C)CC(C)N(C)c1ncc(Cl)cc1F. The van der Waals surface area contributed by atoms with Gasteiger partial charge in [-0.25, -0.2) is 9.37 Å². The molecule has 1 heterocycles. The Morgan fingerprint density at radius 2 is 2.06 bits per heavy atom. The van der Waals surface area contributed by atoms with E-state index >= 15 is 0 Å². The summed E-state index contributed by atoms with van der Waals surface area (Å²) in [5.74, 6) is 0.566. The van der Waals surface area contributed by atoms with Crippen molar-refractivity contribution in [2.75, 3.05) is 11.9 Å². The average molecular weight is 245 g/mol. The molecule has 1 unspecified atom stereocenters. The van der Waals surface area contributed by atoms with Gasteiger partial charge in [-0.15, -0.1) is 0 Å². The van der Waals surface area contributed by atoms with Crippen LogP contribution in [0, 0.1) is 11.7 Å².